The number of likely N-dealkylation sites (N-methyl/N-ethyl adjacent to an activating group) is 1. The molecule has 2 rings (SSSR count). The SMILES string of the molecule is CCn1cc(C(CN)N(C)Cc2csc(Br)c2)cn1. The third kappa shape index (κ3) is 3.66. The van der Waals surface area contributed by atoms with E-state index in [4.69, 9.17) is 5.73 Å². The quantitative estimate of drug-likeness (QED) is 0.877. The van der Waals surface area contributed by atoms with Crippen LogP contribution in [0.25, 0.3) is 0 Å². The minimum absolute atomic E-state index is 0.207. The van der Waals surface area contributed by atoms with Gasteiger partial charge in [0, 0.05) is 31.4 Å². The Kier molecular flexibility index (Phi) is 5.15. The summed E-state index contributed by atoms with van der Waals surface area (Å²) in [6.45, 7) is 4.46. The van der Waals surface area contributed by atoms with Crippen LogP contribution in [0.4, 0.5) is 0 Å². The first kappa shape index (κ1) is 14.7. The van der Waals surface area contributed by atoms with Gasteiger partial charge in [-0.2, -0.15) is 5.10 Å². The second-order valence-corrected chi connectivity index (χ2v) is 6.85. The normalized spacial score (nSPS) is 13.1. The first-order valence-corrected chi connectivity index (χ1v) is 7.96. The van der Waals surface area contributed by atoms with Crippen LogP contribution in [0.3, 0.4) is 0 Å². The maximum atomic E-state index is 5.93. The third-order valence-electron chi connectivity index (χ3n) is 3.17. The average molecular weight is 343 g/mol. The highest BCUT2D eigenvalue weighted by Crippen LogP contribution is 2.24. The largest absolute Gasteiger partial charge is 0.329 e. The van der Waals surface area contributed by atoms with Crippen LogP contribution in [-0.4, -0.2) is 28.3 Å². The Balaban J connectivity index is 2.08. The van der Waals surface area contributed by atoms with E-state index in [1.807, 2.05) is 10.9 Å². The molecule has 0 aromatic carbocycles. The molecule has 2 heterocycles. The summed E-state index contributed by atoms with van der Waals surface area (Å²) < 4.78 is 3.10. The van der Waals surface area contributed by atoms with Crippen LogP contribution >= 0.6 is 27.3 Å². The molecule has 0 aliphatic carbocycles. The van der Waals surface area contributed by atoms with Gasteiger partial charge in [0.05, 0.1) is 16.0 Å². The molecular weight excluding hydrogens is 324 g/mol. The lowest BCUT2D eigenvalue weighted by molar-refractivity contribution is 0.242. The van der Waals surface area contributed by atoms with Crippen molar-refractivity contribution in [2.75, 3.05) is 13.6 Å². The molecule has 1 unspecified atom stereocenters. The van der Waals surface area contributed by atoms with Crippen molar-refractivity contribution in [2.45, 2.75) is 26.1 Å². The fraction of sp³-hybridized carbons (Fsp3) is 0.462. The topological polar surface area (TPSA) is 47.1 Å². The summed E-state index contributed by atoms with van der Waals surface area (Å²) in [5, 5.41) is 6.50. The van der Waals surface area contributed by atoms with Gasteiger partial charge in [-0.15, -0.1) is 11.3 Å². The minimum atomic E-state index is 0.207. The maximum absolute atomic E-state index is 5.93. The lowest BCUT2D eigenvalue weighted by atomic mass is 10.1. The van der Waals surface area contributed by atoms with E-state index >= 15 is 0 Å². The number of hydrogen-bond acceptors (Lipinski definition) is 4. The highest BCUT2D eigenvalue weighted by molar-refractivity contribution is 9.11. The van der Waals surface area contributed by atoms with Gasteiger partial charge in [0.15, 0.2) is 0 Å². The van der Waals surface area contributed by atoms with Crippen LogP contribution in [0.2, 0.25) is 0 Å². The summed E-state index contributed by atoms with van der Waals surface area (Å²) in [7, 11) is 2.10. The second kappa shape index (κ2) is 6.65. The first-order valence-electron chi connectivity index (χ1n) is 6.29. The number of hydrogen-bond donors (Lipinski definition) is 1. The molecule has 4 nitrogen and oxygen atoms in total. The molecule has 0 bridgehead atoms. The van der Waals surface area contributed by atoms with Crippen LogP contribution < -0.4 is 5.73 Å². The average Bonchev–Trinajstić information content (AvgIpc) is 3.00. The molecule has 0 spiro atoms. The van der Waals surface area contributed by atoms with E-state index in [9.17, 15) is 0 Å². The second-order valence-electron chi connectivity index (χ2n) is 4.56. The monoisotopic (exact) mass is 342 g/mol. The highest BCUT2D eigenvalue weighted by atomic mass is 79.9. The highest BCUT2D eigenvalue weighted by Gasteiger charge is 2.17. The van der Waals surface area contributed by atoms with Crippen LogP contribution in [0.15, 0.2) is 27.6 Å². The Morgan fingerprint density at radius 1 is 1.58 bits per heavy atom. The van der Waals surface area contributed by atoms with E-state index in [2.05, 4.69) is 57.5 Å². The van der Waals surface area contributed by atoms with Crippen molar-refractivity contribution in [2.24, 2.45) is 5.73 Å². The van der Waals surface area contributed by atoms with Crippen LogP contribution in [0.5, 0.6) is 0 Å². The van der Waals surface area contributed by atoms with Gasteiger partial charge in [0.25, 0.3) is 0 Å². The standard InChI is InChI=1S/C13H19BrN4S/c1-3-18-8-11(6-16-18)12(5-15)17(2)7-10-4-13(14)19-9-10/h4,6,8-9,12H,3,5,7,15H2,1-2H3. The number of rotatable bonds is 6. The summed E-state index contributed by atoms with van der Waals surface area (Å²) >= 11 is 5.21. The van der Waals surface area contributed by atoms with E-state index in [0.29, 0.717) is 6.54 Å². The lowest BCUT2D eigenvalue weighted by Gasteiger charge is -2.25. The van der Waals surface area contributed by atoms with Gasteiger partial charge in [0.1, 0.15) is 0 Å². The third-order valence-corrected chi connectivity index (χ3v) is 4.72. The number of nitrogens with two attached hydrogens (primary N) is 1. The van der Waals surface area contributed by atoms with E-state index in [0.717, 1.165) is 13.1 Å². The van der Waals surface area contributed by atoms with E-state index in [-0.39, 0.29) is 6.04 Å². The molecule has 2 aromatic heterocycles. The summed E-state index contributed by atoms with van der Waals surface area (Å²) in [6.07, 6.45) is 4.00. The van der Waals surface area contributed by atoms with Gasteiger partial charge in [0.2, 0.25) is 0 Å². The molecule has 6 heteroatoms. The fourth-order valence-electron chi connectivity index (χ4n) is 2.12. The van der Waals surface area contributed by atoms with Crippen molar-refractivity contribution in [3.05, 3.63) is 38.8 Å². The summed E-state index contributed by atoms with van der Waals surface area (Å²) in [4.78, 5) is 2.27. The zero-order valence-corrected chi connectivity index (χ0v) is 13.6. The lowest BCUT2D eigenvalue weighted by Crippen LogP contribution is -2.29. The van der Waals surface area contributed by atoms with Gasteiger partial charge in [-0.1, -0.05) is 0 Å². The molecule has 0 aliphatic rings. The van der Waals surface area contributed by atoms with Crippen molar-refractivity contribution in [1.29, 1.82) is 0 Å². The van der Waals surface area contributed by atoms with Crippen molar-refractivity contribution >= 4 is 27.3 Å². The molecule has 0 radical (unpaired) electrons. The van der Waals surface area contributed by atoms with Crippen LogP contribution in [0, 0.1) is 0 Å². The van der Waals surface area contributed by atoms with Gasteiger partial charge in [-0.3, -0.25) is 9.58 Å². The Labute approximate surface area is 126 Å². The van der Waals surface area contributed by atoms with Crippen molar-refractivity contribution in [1.82, 2.24) is 14.7 Å². The van der Waals surface area contributed by atoms with Crippen LogP contribution in [0.1, 0.15) is 24.1 Å². The van der Waals surface area contributed by atoms with Gasteiger partial charge >= 0.3 is 0 Å². The molecular formula is C13H19BrN4S. The van der Waals surface area contributed by atoms with Gasteiger partial charge < -0.3 is 5.73 Å². The number of halogens is 1. The summed E-state index contributed by atoms with van der Waals surface area (Å²) in [6, 6.07) is 2.36. The van der Waals surface area contributed by atoms with Crippen molar-refractivity contribution in [3.63, 3.8) is 0 Å². The summed E-state index contributed by atoms with van der Waals surface area (Å²) in [5.74, 6) is 0. The number of aryl methyl sites for hydroxylation is 1. The molecule has 2 N–H and O–H groups in total. The fourth-order valence-corrected chi connectivity index (χ4v) is 3.32. The predicted molar refractivity (Wildman–Crippen MR) is 83.2 cm³/mol. The molecule has 104 valence electrons. The van der Waals surface area contributed by atoms with E-state index < -0.39 is 0 Å². The maximum Gasteiger partial charge on any atom is 0.0701 e. The molecule has 0 amide bonds. The first-order chi connectivity index (χ1) is 9.13. The van der Waals surface area contributed by atoms with Crippen molar-refractivity contribution in [3.8, 4) is 0 Å². The molecule has 2 aromatic rings. The Bertz CT molecular complexity index is 522. The Morgan fingerprint density at radius 2 is 2.37 bits per heavy atom. The Hall–Kier alpha value is -0.690. The molecule has 0 aliphatic heterocycles. The van der Waals surface area contributed by atoms with Crippen LogP contribution in [-0.2, 0) is 13.1 Å². The van der Waals surface area contributed by atoms with Gasteiger partial charge in [-0.05, 0) is 46.9 Å². The van der Waals surface area contributed by atoms with Gasteiger partial charge in [-0.25, -0.2) is 0 Å². The summed E-state index contributed by atoms with van der Waals surface area (Å²) in [5.41, 5.74) is 8.42. The number of thiophene rings is 1. The zero-order chi connectivity index (χ0) is 13.8. The van der Waals surface area contributed by atoms with E-state index in [1.54, 1.807) is 11.3 Å². The molecule has 1 atom stereocenters. The smallest absolute Gasteiger partial charge is 0.0701 e. The molecule has 0 fully saturated rings. The minimum Gasteiger partial charge on any atom is -0.329 e. The number of aromatic nitrogens is 2. The Morgan fingerprint density at radius 3 is 2.89 bits per heavy atom. The molecule has 19 heavy (non-hydrogen) atoms. The van der Waals surface area contributed by atoms with E-state index in [1.165, 1.54) is 14.9 Å². The zero-order valence-electron chi connectivity index (χ0n) is 11.2. The molecule has 0 saturated carbocycles. The number of nitrogens with zero attached hydrogens (tertiary/aromatic N) is 3. The molecule has 0 saturated heterocycles. The predicted octanol–water partition coefficient (Wildman–Crippen LogP) is 2.86. The van der Waals surface area contributed by atoms with Crippen molar-refractivity contribution < 1.29 is 0 Å².